The van der Waals surface area contributed by atoms with Crippen molar-refractivity contribution in [3.05, 3.63) is 11.4 Å². The summed E-state index contributed by atoms with van der Waals surface area (Å²) in [6.45, 7) is 9.57. The van der Waals surface area contributed by atoms with E-state index in [9.17, 15) is 0 Å². The molecule has 0 amide bonds. The highest BCUT2D eigenvalue weighted by molar-refractivity contribution is 5.57. The highest BCUT2D eigenvalue weighted by atomic mass is 15.1. The summed E-state index contributed by atoms with van der Waals surface area (Å²) in [7, 11) is 0. The van der Waals surface area contributed by atoms with E-state index in [4.69, 9.17) is 0 Å². The van der Waals surface area contributed by atoms with Crippen LogP contribution in [-0.2, 0) is 0 Å². The SMILES string of the molecule is CCCNc1nc(C)nc(NC2CCCC(C)CC2)c1C. The van der Waals surface area contributed by atoms with Crippen molar-refractivity contribution in [1.82, 2.24) is 9.97 Å². The van der Waals surface area contributed by atoms with Gasteiger partial charge in [-0.25, -0.2) is 9.97 Å². The summed E-state index contributed by atoms with van der Waals surface area (Å²) in [6.07, 6.45) is 7.62. The Kier molecular flexibility index (Phi) is 5.83. The number of rotatable bonds is 5. The van der Waals surface area contributed by atoms with Crippen molar-refractivity contribution in [3.8, 4) is 0 Å². The summed E-state index contributed by atoms with van der Waals surface area (Å²) >= 11 is 0. The molecule has 1 aliphatic carbocycles. The summed E-state index contributed by atoms with van der Waals surface area (Å²) in [5.74, 6) is 3.70. The predicted octanol–water partition coefficient (Wildman–Crippen LogP) is 4.30. The van der Waals surface area contributed by atoms with Crippen molar-refractivity contribution >= 4 is 11.6 Å². The van der Waals surface area contributed by atoms with Gasteiger partial charge >= 0.3 is 0 Å². The minimum absolute atomic E-state index is 0.557. The molecule has 4 heteroatoms. The van der Waals surface area contributed by atoms with Gasteiger partial charge in [0.05, 0.1) is 0 Å². The average molecular weight is 290 g/mol. The van der Waals surface area contributed by atoms with Gasteiger partial charge in [-0.1, -0.05) is 26.7 Å². The molecule has 1 heterocycles. The Bertz CT molecular complexity index is 458. The van der Waals surface area contributed by atoms with Crippen molar-refractivity contribution in [3.63, 3.8) is 0 Å². The van der Waals surface area contributed by atoms with Crippen LogP contribution >= 0.6 is 0 Å². The highest BCUT2D eigenvalue weighted by Crippen LogP contribution is 2.27. The maximum Gasteiger partial charge on any atom is 0.134 e. The normalized spacial score (nSPS) is 22.7. The van der Waals surface area contributed by atoms with Crippen LogP contribution in [-0.4, -0.2) is 22.6 Å². The smallest absolute Gasteiger partial charge is 0.134 e. The second-order valence-electron chi connectivity index (χ2n) is 6.47. The number of aromatic nitrogens is 2. The molecule has 0 aliphatic heterocycles. The number of hydrogen-bond acceptors (Lipinski definition) is 4. The predicted molar refractivity (Wildman–Crippen MR) is 89.9 cm³/mol. The van der Waals surface area contributed by atoms with Gasteiger partial charge in [0.2, 0.25) is 0 Å². The molecule has 0 bridgehead atoms. The summed E-state index contributed by atoms with van der Waals surface area (Å²) in [5, 5.41) is 7.09. The van der Waals surface area contributed by atoms with Crippen LogP contribution in [0.3, 0.4) is 0 Å². The van der Waals surface area contributed by atoms with Gasteiger partial charge in [0, 0.05) is 18.2 Å². The van der Waals surface area contributed by atoms with Gasteiger partial charge in [-0.05, 0) is 45.4 Å². The van der Waals surface area contributed by atoms with E-state index in [2.05, 4.69) is 41.4 Å². The van der Waals surface area contributed by atoms with Gasteiger partial charge in [-0.2, -0.15) is 0 Å². The van der Waals surface area contributed by atoms with Gasteiger partial charge < -0.3 is 10.6 Å². The first-order chi connectivity index (χ1) is 10.1. The van der Waals surface area contributed by atoms with Crippen LogP contribution in [0.5, 0.6) is 0 Å². The molecule has 2 unspecified atom stereocenters. The van der Waals surface area contributed by atoms with E-state index in [1.54, 1.807) is 0 Å². The quantitative estimate of drug-likeness (QED) is 0.794. The lowest BCUT2D eigenvalue weighted by Crippen LogP contribution is -2.21. The van der Waals surface area contributed by atoms with Gasteiger partial charge in [0.25, 0.3) is 0 Å². The Hall–Kier alpha value is -1.32. The van der Waals surface area contributed by atoms with Gasteiger partial charge in [-0.3, -0.25) is 0 Å². The largest absolute Gasteiger partial charge is 0.370 e. The van der Waals surface area contributed by atoms with E-state index in [1.807, 2.05) is 6.92 Å². The zero-order valence-corrected chi connectivity index (χ0v) is 14.0. The molecule has 1 aromatic rings. The fourth-order valence-electron chi connectivity index (χ4n) is 3.01. The first-order valence-electron chi connectivity index (χ1n) is 8.45. The van der Waals surface area contributed by atoms with Crippen molar-refractivity contribution in [2.45, 2.75) is 72.3 Å². The molecule has 118 valence electrons. The van der Waals surface area contributed by atoms with Crippen molar-refractivity contribution in [2.24, 2.45) is 5.92 Å². The molecule has 1 aliphatic rings. The third-order valence-corrected chi connectivity index (χ3v) is 4.40. The van der Waals surface area contributed by atoms with E-state index in [0.717, 1.165) is 41.9 Å². The van der Waals surface area contributed by atoms with Crippen LogP contribution < -0.4 is 10.6 Å². The van der Waals surface area contributed by atoms with E-state index >= 15 is 0 Å². The first-order valence-corrected chi connectivity index (χ1v) is 8.45. The topological polar surface area (TPSA) is 49.8 Å². The van der Waals surface area contributed by atoms with Gasteiger partial charge in [0.15, 0.2) is 0 Å². The summed E-state index contributed by atoms with van der Waals surface area (Å²) < 4.78 is 0. The highest BCUT2D eigenvalue weighted by Gasteiger charge is 2.18. The van der Waals surface area contributed by atoms with Crippen LogP contribution in [0.25, 0.3) is 0 Å². The second-order valence-corrected chi connectivity index (χ2v) is 6.47. The lowest BCUT2D eigenvalue weighted by atomic mass is 10.0. The summed E-state index contributed by atoms with van der Waals surface area (Å²) in [5.41, 5.74) is 1.14. The van der Waals surface area contributed by atoms with Crippen LogP contribution in [0.2, 0.25) is 0 Å². The lowest BCUT2D eigenvalue weighted by Gasteiger charge is -2.20. The van der Waals surface area contributed by atoms with Crippen LogP contribution in [0.1, 0.15) is 63.8 Å². The van der Waals surface area contributed by atoms with Crippen molar-refractivity contribution in [1.29, 1.82) is 0 Å². The average Bonchev–Trinajstić information content (AvgIpc) is 2.66. The molecule has 0 radical (unpaired) electrons. The van der Waals surface area contributed by atoms with Gasteiger partial charge in [-0.15, -0.1) is 0 Å². The molecule has 0 spiro atoms. The molecular formula is C17H30N4. The second kappa shape index (κ2) is 7.62. The molecule has 1 fully saturated rings. The minimum atomic E-state index is 0.557. The van der Waals surface area contributed by atoms with E-state index in [0.29, 0.717) is 6.04 Å². The summed E-state index contributed by atoms with van der Waals surface area (Å²) in [4.78, 5) is 9.16. The van der Waals surface area contributed by atoms with Crippen LogP contribution in [0.15, 0.2) is 0 Å². The fourth-order valence-corrected chi connectivity index (χ4v) is 3.01. The zero-order valence-electron chi connectivity index (χ0n) is 14.0. The molecule has 2 rings (SSSR count). The molecular weight excluding hydrogens is 260 g/mol. The fraction of sp³-hybridized carbons (Fsp3) is 0.765. The third-order valence-electron chi connectivity index (χ3n) is 4.40. The maximum atomic E-state index is 4.62. The maximum absolute atomic E-state index is 4.62. The molecule has 1 saturated carbocycles. The Morgan fingerprint density at radius 2 is 1.81 bits per heavy atom. The Balaban J connectivity index is 2.09. The van der Waals surface area contributed by atoms with Gasteiger partial charge in [0.1, 0.15) is 17.5 Å². The van der Waals surface area contributed by atoms with Crippen molar-refractivity contribution < 1.29 is 0 Å². The molecule has 2 atom stereocenters. The van der Waals surface area contributed by atoms with Crippen molar-refractivity contribution in [2.75, 3.05) is 17.2 Å². The number of anilines is 2. The van der Waals surface area contributed by atoms with E-state index in [-0.39, 0.29) is 0 Å². The minimum Gasteiger partial charge on any atom is -0.370 e. The lowest BCUT2D eigenvalue weighted by molar-refractivity contribution is 0.501. The Morgan fingerprint density at radius 1 is 1.05 bits per heavy atom. The monoisotopic (exact) mass is 290 g/mol. The number of nitrogens with zero attached hydrogens (tertiary/aromatic N) is 2. The Morgan fingerprint density at radius 3 is 2.57 bits per heavy atom. The zero-order chi connectivity index (χ0) is 15.2. The number of hydrogen-bond donors (Lipinski definition) is 2. The molecule has 0 saturated heterocycles. The molecule has 2 N–H and O–H groups in total. The molecule has 0 aromatic carbocycles. The standard InChI is InChI=1S/C17H30N4/c1-5-11-18-16-13(3)17(20-14(4)19-16)21-15-8-6-7-12(2)9-10-15/h12,15H,5-11H2,1-4H3,(H2,18,19,20,21). The Labute approximate surface area is 129 Å². The third kappa shape index (κ3) is 4.58. The summed E-state index contributed by atoms with van der Waals surface area (Å²) in [6, 6.07) is 0.557. The molecule has 1 aromatic heterocycles. The molecule has 21 heavy (non-hydrogen) atoms. The molecule has 4 nitrogen and oxygen atoms in total. The van der Waals surface area contributed by atoms with Crippen LogP contribution in [0.4, 0.5) is 11.6 Å². The number of aryl methyl sites for hydroxylation is 1. The van der Waals surface area contributed by atoms with Crippen LogP contribution in [0, 0.1) is 19.8 Å². The van der Waals surface area contributed by atoms with E-state index < -0.39 is 0 Å². The number of nitrogens with one attached hydrogen (secondary N) is 2. The van der Waals surface area contributed by atoms with E-state index in [1.165, 1.54) is 32.1 Å². The first kappa shape index (κ1) is 16.1.